The molecule has 6 nitrogen and oxygen atoms in total. The van der Waals surface area contributed by atoms with E-state index in [0.717, 1.165) is 18.2 Å². The molecule has 0 aliphatic rings. The van der Waals surface area contributed by atoms with E-state index in [4.69, 9.17) is 4.74 Å². The second-order valence-electron chi connectivity index (χ2n) is 5.66. The molecule has 2 aromatic rings. The van der Waals surface area contributed by atoms with Gasteiger partial charge in [0.25, 0.3) is 0 Å². The number of nitrogens with one attached hydrogen (secondary N) is 1. The topological polar surface area (TPSA) is 72.8 Å². The first-order valence-electron chi connectivity index (χ1n) is 6.94. The summed E-state index contributed by atoms with van der Waals surface area (Å²) in [5, 5.41) is 3.23. The third kappa shape index (κ3) is 3.45. The van der Waals surface area contributed by atoms with Crippen molar-refractivity contribution in [3.63, 3.8) is 0 Å². The highest BCUT2D eigenvalue weighted by Crippen LogP contribution is 2.28. The van der Waals surface area contributed by atoms with Crippen LogP contribution in [-0.4, -0.2) is 33.6 Å². The lowest BCUT2D eigenvalue weighted by atomic mass is 9.95. The molecule has 0 amide bonds. The molecule has 1 N–H and O–H groups in total. The van der Waals surface area contributed by atoms with Gasteiger partial charge in [0.1, 0.15) is 17.3 Å². The molecular weight excluding hydrogens is 266 g/mol. The average molecular weight is 287 g/mol. The third-order valence-electron chi connectivity index (χ3n) is 2.86. The summed E-state index contributed by atoms with van der Waals surface area (Å²) in [5.41, 5.74) is 1.16. The van der Waals surface area contributed by atoms with Gasteiger partial charge in [-0.05, 0) is 6.92 Å². The van der Waals surface area contributed by atoms with Gasteiger partial charge in [0, 0.05) is 30.4 Å². The second-order valence-corrected chi connectivity index (χ2v) is 5.66. The molecule has 0 aliphatic carbocycles. The van der Waals surface area contributed by atoms with Gasteiger partial charge in [-0.15, -0.1) is 0 Å². The van der Waals surface area contributed by atoms with E-state index in [1.165, 1.54) is 0 Å². The first-order valence-corrected chi connectivity index (χ1v) is 6.94. The first-order chi connectivity index (χ1) is 9.95. The highest BCUT2D eigenvalue weighted by molar-refractivity contribution is 5.63. The molecule has 0 saturated carbocycles. The van der Waals surface area contributed by atoms with Gasteiger partial charge in [0.05, 0.1) is 7.11 Å². The van der Waals surface area contributed by atoms with E-state index in [1.54, 1.807) is 19.5 Å². The maximum absolute atomic E-state index is 5.27. The number of aromatic nitrogens is 4. The summed E-state index contributed by atoms with van der Waals surface area (Å²) in [6.45, 7) is 9.06. The van der Waals surface area contributed by atoms with Crippen LogP contribution >= 0.6 is 0 Å². The molecule has 21 heavy (non-hydrogen) atoms. The van der Waals surface area contributed by atoms with Crippen LogP contribution < -0.4 is 10.1 Å². The Morgan fingerprint density at radius 2 is 1.86 bits per heavy atom. The van der Waals surface area contributed by atoms with Crippen molar-refractivity contribution in [2.24, 2.45) is 0 Å². The summed E-state index contributed by atoms with van der Waals surface area (Å²) < 4.78 is 5.27. The molecule has 2 aromatic heterocycles. The van der Waals surface area contributed by atoms with Gasteiger partial charge in [0.2, 0.25) is 5.88 Å². The molecular formula is C15H21N5O. The van der Waals surface area contributed by atoms with Crippen molar-refractivity contribution >= 4 is 5.82 Å². The molecule has 2 rings (SSSR count). The molecule has 0 atom stereocenters. The van der Waals surface area contributed by atoms with Crippen LogP contribution in [0.15, 0.2) is 18.5 Å². The lowest BCUT2D eigenvalue weighted by Crippen LogP contribution is -2.18. The number of nitrogens with zero attached hydrogens (tertiary/aromatic N) is 4. The second kappa shape index (κ2) is 6.03. The van der Waals surface area contributed by atoms with Gasteiger partial charge in [0.15, 0.2) is 5.69 Å². The Balaban J connectivity index is 2.59. The fraction of sp³-hybridized carbons (Fsp3) is 0.467. The number of hydrogen-bond donors (Lipinski definition) is 1. The van der Waals surface area contributed by atoms with Gasteiger partial charge >= 0.3 is 0 Å². The minimum Gasteiger partial charge on any atom is -0.479 e. The molecule has 0 aliphatic heterocycles. The van der Waals surface area contributed by atoms with Crippen molar-refractivity contribution in [2.45, 2.75) is 33.1 Å². The molecule has 0 radical (unpaired) electrons. The van der Waals surface area contributed by atoms with Crippen LogP contribution in [0, 0.1) is 0 Å². The number of ether oxygens (including phenoxy) is 1. The molecule has 0 bridgehead atoms. The van der Waals surface area contributed by atoms with Gasteiger partial charge in [-0.3, -0.25) is 0 Å². The summed E-state index contributed by atoms with van der Waals surface area (Å²) in [4.78, 5) is 17.7. The smallest absolute Gasteiger partial charge is 0.241 e. The van der Waals surface area contributed by atoms with Crippen molar-refractivity contribution < 1.29 is 4.74 Å². The summed E-state index contributed by atoms with van der Waals surface area (Å²) in [6.07, 6.45) is 3.23. The minimum atomic E-state index is -0.157. The maximum Gasteiger partial charge on any atom is 0.241 e. The van der Waals surface area contributed by atoms with Crippen LogP contribution in [0.2, 0.25) is 0 Å². The third-order valence-corrected chi connectivity index (χ3v) is 2.86. The Hall–Kier alpha value is -2.24. The van der Waals surface area contributed by atoms with E-state index in [9.17, 15) is 0 Å². The molecule has 6 heteroatoms. The van der Waals surface area contributed by atoms with E-state index >= 15 is 0 Å². The number of methoxy groups -OCH3 is 1. The van der Waals surface area contributed by atoms with Crippen molar-refractivity contribution in [3.05, 3.63) is 24.3 Å². The highest BCUT2D eigenvalue weighted by Gasteiger charge is 2.21. The SMILES string of the molecule is CCNc1cc(-c2nccnc2OC)nc(C(C)(C)C)n1. The molecule has 112 valence electrons. The molecule has 0 fully saturated rings. The minimum absolute atomic E-state index is 0.157. The zero-order valence-corrected chi connectivity index (χ0v) is 13.1. The van der Waals surface area contributed by atoms with Crippen LogP contribution in [0.25, 0.3) is 11.4 Å². The van der Waals surface area contributed by atoms with E-state index in [-0.39, 0.29) is 5.41 Å². The highest BCUT2D eigenvalue weighted by atomic mass is 16.5. The zero-order chi connectivity index (χ0) is 15.5. The van der Waals surface area contributed by atoms with Gasteiger partial charge in [-0.2, -0.15) is 0 Å². The lowest BCUT2D eigenvalue weighted by Gasteiger charge is -2.19. The Morgan fingerprint density at radius 3 is 2.48 bits per heavy atom. The Kier molecular flexibility index (Phi) is 4.35. The Labute approximate surface area is 125 Å². The predicted molar refractivity (Wildman–Crippen MR) is 82.5 cm³/mol. The molecule has 2 heterocycles. The zero-order valence-electron chi connectivity index (χ0n) is 13.1. The molecule has 0 aromatic carbocycles. The predicted octanol–water partition coefficient (Wildman–Crippen LogP) is 2.67. The summed E-state index contributed by atoms with van der Waals surface area (Å²) >= 11 is 0. The maximum atomic E-state index is 5.27. The first kappa shape index (κ1) is 15.2. The van der Waals surface area contributed by atoms with Crippen LogP contribution in [-0.2, 0) is 5.41 Å². The van der Waals surface area contributed by atoms with E-state index in [1.807, 2.05) is 13.0 Å². The lowest BCUT2D eigenvalue weighted by molar-refractivity contribution is 0.397. The van der Waals surface area contributed by atoms with Crippen LogP contribution in [0.4, 0.5) is 5.82 Å². The normalized spacial score (nSPS) is 11.3. The van der Waals surface area contributed by atoms with Crippen molar-refractivity contribution in [1.29, 1.82) is 0 Å². The number of rotatable bonds is 4. The Morgan fingerprint density at radius 1 is 1.14 bits per heavy atom. The molecule has 0 spiro atoms. The molecule has 0 saturated heterocycles. The fourth-order valence-electron chi connectivity index (χ4n) is 1.83. The van der Waals surface area contributed by atoms with Crippen LogP contribution in [0.1, 0.15) is 33.5 Å². The fourth-order valence-corrected chi connectivity index (χ4v) is 1.83. The quantitative estimate of drug-likeness (QED) is 0.932. The van der Waals surface area contributed by atoms with Gasteiger partial charge in [-0.25, -0.2) is 19.9 Å². The summed E-state index contributed by atoms with van der Waals surface area (Å²) in [5.74, 6) is 1.99. The van der Waals surface area contributed by atoms with E-state index < -0.39 is 0 Å². The summed E-state index contributed by atoms with van der Waals surface area (Å²) in [7, 11) is 1.57. The summed E-state index contributed by atoms with van der Waals surface area (Å²) in [6, 6.07) is 1.87. The average Bonchev–Trinajstić information content (AvgIpc) is 2.46. The van der Waals surface area contributed by atoms with Gasteiger partial charge in [-0.1, -0.05) is 20.8 Å². The number of anilines is 1. The standard InChI is InChI=1S/C15H21N5O/c1-6-16-11-9-10(19-14(20-11)15(2,3)4)12-13(21-5)18-8-7-17-12/h7-9H,6H2,1-5H3,(H,16,19,20). The molecule has 0 unspecified atom stereocenters. The van der Waals surface area contributed by atoms with Crippen molar-refractivity contribution in [3.8, 4) is 17.3 Å². The van der Waals surface area contributed by atoms with E-state index in [2.05, 4.69) is 46.0 Å². The Bertz CT molecular complexity index is 622. The monoisotopic (exact) mass is 287 g/mol. The van der Waals surface area contributed by atoms with Crippen molar-refractivity contribution in [1.82, 2.24) is 19.9 Å². The van der Waals surface area contributed by atoms with Crippen LogP contribution in [0.5, 0.6) is 5.88 Å². The van der Waals surface area contributed by atoms with E-state index in [0.29, 0.717) is 17.3 Å². The largest absolute Gasteiger partial charge is 0.479 e. The number of hydrogen-bond acceptors (Lipinski definition) is 6. The van der Waals surface area contributed by atoms with Crippen molar-refractivity contribution in [2.75, 3.05) is 19.0 Å². The van der Waals surface area contributed by atoms with Crippen LogP contribution in [0.3, 0.4) is 0 Å². The van der Waals surface area contributed by atoms with Gasteiger partial charge < -0.3 is 10.1 Å².